The molecule has 10 nitrogen and oxygen atoms in total. The largest absolute Gasteiger partial charge is 0.451 e. The zero-order valence-corrected chi connectivity index (χ0v) is 27.7. The summed E-state index contributed by atoms with van der Waals surface area (Å²) >= 11 is 6.09. The average molecular weight is 658 g/mol. The number of aryl methyl sites for hydroxylation is 1. The van der Waals surface area contributed by atoms with E-state index < -0.39 is 11.9 Å². The SMILES string of the molecule is CCc1ccc2oc(C(=O)N[C@H](Cc3ccc(Cl)cc3)C(=O)N3CCN(c4ccccc4C(=O)NCCN(C)C)CC3)cc(=O)c2c1. The van der Waals surface area contributed by atoms with Crippen LogP contribution in [0.3, 0.4) is 0 Å². The number of para-hydroxylation sites is 1. The summed E-state index contributed by atoms with van der Waals surface area (Å²) in [5.74, 6) is -1.20. The number of hydrogen-bond acceptors (Lipinski definition) is 7. The normalized spacial score (nSPS) is 13.9. The smallest absolute Gasteiger partial charge is 0.287 e. The number of amides is 3. The molecule has 0 aliphatic carbocycles. The minimum atomic E-state index is -0.923. The highest BCUT2D eigenvalue weighted by Crippen LogP contribution is 2.23. The van der Waals surface area contributed by atoms with Crippen LogP contribution in [-0.2, 0) is 17.6 Å². The van der Waals surface area contributed by atoms with E-state index in [1.807, 2.05) is 68.4 Å². The van der Waals surface area contributed by atoms with E-state index in [0.717, 1.165) is 29.8 Å². The van der Waals surface area contributed by atoms with Crippen LogP contribution in [0.2, 0.25) is 5.02 Å². The fourth-order valence-corrected chi connectivity index (χ4v) is 5.76. The number of rotatable bonds is 11. The Morgan fingerprint density at radius 3 is 2.32 bits per heavy atom. The highest BCUT2D eigenvalue weighted by atomic mass is 35.5. The van der Waals surface area contributed by atoms with Gasteiger partial charge >= 0.3 is 0 Å². The maximum atomic E-state index is 14.0. The number of benzene rings is 3. The molecule has 1 fully saturated rings. The molecule has 246 valence electrons. The molecule has 3 amide bonds. The van der Waals surface area contributed by atoms with E-state index in [0.29, 0.717) is 54.3 Å². The minimum absolute atomic E-state index is 0.141. The van der Waals surface area contributed by atoms with Crippen molar-refractivity contribution >= 4 is 46.0 Å². The van der Waals surface area contributed by atoms with Crippen LogP contribution in [0.4, 0.5) is 5.69 Å². The van der Waals surface area contributed by atoms with Gasteiger partial charge in [-0.1, -0.05) is 48.9 Å². The lowest BCUT2D eigenvalue weighted by molar-refractivity contribution is -0.133. The van der Waals surface area contributed by atoms with Gasteiger partial charge in [-0.15, -0.1) is 0 Å². The molecule has 0 unspecified atom stereocenters. The highest BCUT2D eigenvalue weighted by Gasteiger charge is 2.31. The van der Waals surface area contributed by atoms with Crippen LogP contribution in [0.15, 0.2) is 82.0 Å². The molecule has 47 heavy (non-hydrogen) atoms. The van der Waals surface area contributed by atoms with Gasteiger partial charge in [0.05, 0.1) is 10.9 Å². The first-order valence-corrected chi connectivity index (χ1v) is 16.2. The molecule has 0 bridgehead atoms. The van der Waals surface area contributed by atoms with Crippen LogP contribution in [-0.4, -0.2) is 86.9 Å². The van der Waals surface area contributed by atoms with E-state index in [1.54, 1.807) is 29.2 Å². The Bertz CT molecular complexity index is 1800. The van der Waals surface area contributed by atoms with Gasteiger partial charge in [0.15, 0.2) is 11.2 Å². The Morgan fingerprint density at radius 1 is 0.915 bits per heavy atom. The molecule has 0 spiro atoms. The van der Waals surface area contributed by atoms with Crippen LogP contribution >= 0.6 is 11.6 Å². The number of carbonyl (C=O) groups is 3. The van der Waals surface area contributed by atoms with E-state index >= 15 is 0 Å². The van der Waals surface area contributed by atoms with Crippen molar-refractivity contribution in [2.45, 2.75) is 25.8 Å². The van der Waals surface area contributed by atoms with Gasteiger partial charge in [-0.3, -0.25) is 19.2 Å². The van der Waals surface area contributed by atoms with E-state index in [9.17, 15) is 19.2 Å². The summed E-state index contributed by atoms with van der Waals surface area (Å²) in [4.78, 5) is 59.2. The molecular formula is C36H40ClN5O5. The molecule has 5 rings (SSSR count). The first-order chi connectivity index (χ1) is 22.6. The lowest BCUT2D eigenvalue weighted by atomic mass is 10.0. The molecule has 0 radical (unpaired) electrons. The number of carbonyl (C=O) groups excluding carboxylic acids is 3. The molecule has 2 heterocycles. The molecule has 11 heteroatoms. The summed E-state index contributed by atoms with van der Waals surface area (Å²) in [6, 6.07) is 20.1. The number of nitrogens with zero attached hydrogens (tertiary/aromatic N) is 3. The molecule has 1 aromatic heterocycles. The van der Waals surface area contributed by atoms with E-state index in [-0.39, 0.29) is 29.4 Å². The van der Waals surface area contributed by atoms with Crippen molar-refractivity contribution in [2.75, 3.05) is 58.3 Å². The van der Waals surface area contributed by atoms with Crippen molar-refractivity contribution in [2.24, 2.45) is 0 Å². The predicted molar refractivity (Wildman–Crippen MR) is 184 cm³/mol. The minimum Gasteiger partial charge on any atom is -0.451 e. The first-order valence-electron chi connectivity index (χ1n) is 15.8. The molecule has 4 aromatic rings. The van der Waals surface area contributed by atoms with Crippen molar-refractivity contribution in [3.05, 3.63) is 110 Å². The topological polar surface area (TPSA) is 115 Å². The van der Waals surface area contributed by atoms with Gasteiger partial charge in [-0.25, -0.2) is 0 Å². The van der Waals surface area contributed by atoms with E-state index in [2.05, 4.69) is 15.5 Å². The Balaban J connectivity index is 1.31. The molecule has 1 atom stereocenters. The maximum Gasteiger partial charge on any atom is 0.287 e. The monoisotopic (exact) mass is 657 g/mol. The van der Waals surface area contributed by atoms with Gasteiger partial charge in [0.1, 0.15) is 11.6 Å². The summed E-state index contributed by atoms with van der Waals surface area (Å²) < 4.78 is 5.83. The Hall–Kier alpha value is -4.67. The summed E-state index contributed by atoms with van der Waals surface area (Å²) in [5.41, 5.74) is 3.18. The molecule has 1 aliphatic rings. The molecule has 2 N–H and O–H groups in total. The lowest BCUT2D eigenvalue weighted by Gasteiger charge is -2.38. The van der Waals surface area contributed by atoms with Gasteiger partial charge in [0, 0.05) is 62.5 Å². The summed E-state index contributed by atoms with van der Waals surface area (Å²) in [7, 11) is 3.91. The van der Waals surface area contributed by atoms with Crippen LogP contribution in [0.5, 0.6) is 0 Å². The maximum absolute atomic E-state index is 14.0. The third-order valence-corrected chi connectivity index (χ3v) is 8.56. The fraction of sp³-hybridized carbons (Fsp3) is 0.333. The second-order valence-electron chi connectivity index (χ2n) is 11.9. The van der Waals surface area contributed by atoms with Crippen LogP contribution in [0.25, 0.3) is 11.0 Å². The number of anilines is 1. The first kappa shape index (κ1) is 33.7. The number of piperazine rings is 1. The van der Waals surface area contributed by atoms with Crippen molar-refractivity contribution < 1.29 is 18.8 Å². The van der Waals surface area contributed by atoms with Gasteiger partial charge < -0.3 is 29.8 Å². The lowest BCUT2D eigenvalue weighted by Crippen LogP contribution is -2.55. The number of nitrogens with one attached hydrogen (secondary N) is 2. The second kappa shape index (κ2) is 15.3. The summed E-state index contributed by atoms with van der Waals surface area (Å²) in [6.07, 6.45) is 0.981. The molecule has 1 saturated heterocycles. The number of likely N-dealkylation sites (N-methyl/N-ethyl adjacent to an activating group) is 1. The van der Waals surface area contributed by atoms with Gasteiger partial charge in [-0.05, 0) is 68.0 Å². The van der Waals surface area contributed by atoms with Crippen molar-refractivity contribution in [1.82, 2.24) is 20.4 Å². The number of hydrogen-bond donors (Lipinski definition) is 2. The standard InChI is InChI=1S/C36H40ClN5O5/c1-4-24-11-14-32-28(21-24)31(43)23-33(47-32)35(45)39-29(22-25-9-12-26(37)13-10-25)36(46)42-19-17-41(18-20-42)30-8-6-5-7-27(30)34(44)38-15-16-40(2)3/h5-14,21,23,29H,4,15-20,22H2,1-3H3,(H,38,44)(H,39,45)/t29-/m1/s1. The molecule has 3 aromatic carbocycles. The second-order valence-corrected chi connectivity index (χ2v) is 12.3. The zero-order valence-electron chi connectivity index (χ0n) is 26.9. The van der Waals surface area contributed by atoms with E-state index in [1.165, 1.54) is 6.07 Å². The highest BCUT2D eigenvalue weighted by molar-refractivity contribution is 6.30. The van der Waals surface area contributed by atoms with Crippen LogP contribution in [0, 0.1) is 0 Å². The van der Waals surface area contributed by atoms with Crippen LogP contribution in [0.1, 0.15) is 39.0 Å². The number of halogens is 1. The van der Waals surface area contributed by atoms with Gasteiger partial charge in [0.2, 0.25) is 5.91 Å². The third-order valence-electron chi connectivity index (χ3n) is 8.31. The quantitative estimate of drug-likeness (QED) is 0.251. The Labute approximate surface area is 279 Å². The van der Waals surface area contributed by atoms with Crippen molar-refractivity contribution in [1.29, 1.82) is 0 Å². The van der Waals surface area contributed by atoms with Gasteiger partial charge in [0.25, 0.3) is 11.8 Å². The third kappa shape index (κ3) is 8.38. The van der Waals surface area contributed by atoms with Crippen molar-refractivity contribution in [3.63, 3.8) is 0 Å². The predicted octanol–water partition coefficient (Wildman–Crippen LogP) is 3.99. The number of fused-ring (bicyclic) bond motifs is 1. The molecular weight excluding hydrogens is 618 g/mol. The zero-order chi connectivity index (χ0) is 33.5. The fourth-order valence-electron chi connectivity index (χ4n) is 5.64. The Kier molecular flexibility index (Phi) is 11.0. The molecule has 1 aliphatic heterocycles. The molecule has 0 saturated carbocycles. The summed E-state index contributed by atoms with van der Waals surface area (Å²) in [5, 5.41) is 6.78. The van der Waals surface area contributed by atoms with Crippen LogP contribution < -0.4 is 21.0 Å². The summed E-state index contributed by atoms with van der Waals surface area (Å²) in [6.45, 7) is 5.07. The Morgan fingerprint density at radius 2 is 1.62 bits per heavy atom. The van der Waals surface area contributed by atoms with Crippen molar-refractivity contribution in [3.8, 4) is 0 Å². The average Bonchev–Trinajstić information content (AvgIpc) is 3.08. The van der Waals surface area contributed by atoms with E-state index in [4.69, 9.17) is 16.0 Å². The van der Waals surface area contributed by atoms with Gasteiger partial charge in [-0.2, -0.15) is 0 Å².